The molecule has 0 spiro atoms. The molecule has 0 aromatic carbocycles. The summed E-state index contributed by atoms with van der Waals surface area (Å²) in [6.45, 7) is 8.75. The molecule has 0 aliphatic heterocycles. The minimum atomic E-state index is -0.363. The summed E-state index contributed by atoms with van der Waals surface area (Å²) in [6, 6.07) is 0. The number of rotatable bonds is 4. The molecule has 5 heteroatoms. The Labute approximate surface area is 167 Å². The lowest BCUT2D eigenvalue weighted by atomic mass is 9.54. The van der Waals surface area contributed by atoms with Crippen LogP contribution in [-0.4, -0.2) is 15.7 Å². The summed E-state index contributed by atoms with van der Waals surface area (Å²) >= 11 is 1.59. The number of amides is 1. The van der Waals surface area contributed by atoms with Gasteiger partial charge in [-0.1, -0.05) is 13.3 Å². The number of ether oxygens (including phenoxy) is 1. The molecule has 0 unspecified atom stereocenters. The Morgan fingerprint density at radius 1 is 1.22 bits per heavy atom. The molecule has 4 bridgehead atoms. The van der Waals surface area contributed by atoms with Gasteiger partial charge in [-0.05, 0) is 101 Å². The second-order valence-corrected chi connectivity index (χ2v) is 11.2. The van der Waals surface area contributed by atoms with E-state index >= 15 is 0 Å². The maximum atomic E-state index is 12.8. The zero-order valence-electron chi connectivity index (χ0n) is 17.3. The van der Waals surface area contributed by atoms with Crippen LogP contribution in [0.1, 0.15) is 84.6 Å². The van der Waals surface area contributed by atoms with Crippen molar-refractivity contribution in [2.75, 3.05) is 0 Å². The van der Waals surface area contributed by atoms with Gasteiger partial charge in [0.1, 0.15) is 10.3 Å². The van der Waals surface area contributed by atoms with E-state index in [1.165, 1.54) is 24.8 Å². The van der Waals surface area contributed by atoms with Gasteiger partial charge in [-0.3, -0.25) is 3.96 Å². The molecule has 1 aromatic rings. The van der Waals surface area contributed by atoms with Gasteiger partial charge in [0.2, 0.25) is 0 Å². The van der Waals surface area contributed by atoms with Gasteiger partial charge in [-0.25, -0.2) is 4.79 Å². The summed E-state index contributed by atoms with van der Waals surface area (Å²) in [4.78, 5) is 17.2. The molecule has 5 rings (SSSR count). The molecule has 150 valence electrons. The molecule has 4 nitrogen and oxygen atoms in total. The smallest absolute Gasteiger partial charge is 0.435 e. The molecule has 0 atom stereocenters. The van der Waals surface area contributed by atoms with Gasteiger partial charge in [-0.2, -0.15) is 4.99 Å². The predicted octanol–water partition coefficient (Wildman–Crippen LogP) is 5.65. The zero-order chi connectivity index (χ0) is 19.2. The van der Waals surface area contributed by atoms with Crippen LogP contribution in [0.5, 0.6) is 0 Å². The first-order chi connectivity index (χ1) is 12.8. The van der Waals surface area contributed by atoms with E-state index in [9.17, 15) is 4.79 Å². The minimum Gasteiger partial charge on any atom is -0.441 e. The van der Waals surface area contributed by atoms with Crippen LogP contribution in [-0.2, 0) is 16.7 Å². The fourth-order valence-corrected chi connectivity index (χ4v) is 6.81. The molecular weight excluding hydrogens is 356 g/mol. The molecule has 1 heterocycles. The molecular formula is C22H34N2O2S. The van der Waals surface area contributed by atoms with Crippen molar-refractivity contribution in [1.82, 2.24) is 3.96 Å². The van der Waals surface area contributed by atoms with Gasteiger partial charge < -0.3 is 4.74 Å². The van der Waals surface area contributed by atoms with Crippen molar-refractivity contribution in [2.45, 2.75) is 96.6 Å². The number of nitrogens with zero attached hydrogens (tertiary/aromatic N) is 2. The van der Waals surface area contributed by atoms with Crippen molar-refractivity contribution >= 4 is 17.6 Å². The van der Waals surface area contributed by atoms with Crippen molar-refractivity contribution in [3.05, 3.63) is 16.4 Å². The third-order valence-corrected chi connectivity index (χ3v) is 8.05. The Kier molecular flexibility index (Phi) is 5.02. The molecule has 4 aliphatic rings. The van der Waals surface area contributed by atoms with Gasteiger partial charge in [0, 0.05) is 17.3 Å². The molecule has 0 radical (unpaired) electrons. The number of carbonyl (C=O) groups is 1. The third kappa shape index (κ3) is 4.03. The minimum absolute atomic E-state index is 0.00321. The molecule has 27 heavy (non-hydrogen) atoms. The molecule has 0 saturated heterocycles. The number of aryl methyl sites for hydroxylation is 1. The monoisotopic (exact) mass is 390 g/mol. The normalized spacial score (nSPS) is 32.9. The topological polar surface area (TPSA) is 43.6 Å². The summed E-state index contributed by atoms with van der Waals surface area (Å²) in [5, 5.41) is 0. The Morgan fingerprint density at radius 2 is 1.81 bits per heavy atom. The first-order valence-corrected chi connectivity index (χ1v) is 11.5. The van der Waals surface area contributed by atoms with E-state index in [1.807, 2.05) is 0 Å². The molecule has 4 fully saturated rings. The highest BCUT2D eigenvalue weighted by Gasteiger charge is 2.53. The first-order valence-electron chi connectivity index (χ1n) is 10.8. The number of unbranched alkanes of at least 4 members (excludes halogenated alkanes) is 1. The molecule has 0 N–H and O–H groups in total. The van der Waals surface area contributed by atoms with Crippen LogP contribution < -0.4 is 4.67 Å². The lowest BCUT2D eigenvalue weighted by molar-refractivity contribution is -0.125. The Balaban J connectivity index is 1.56. The zero-order valence-corrected chi connectivity index (χ0v) is 18.1. The number of carbonyl (C=O) groups excluding carboxylic acids is 1. The highest BCUT2D eigenvalue weighted by molar-refractivity contribution is 7.04. The van der Waals surface area contributed by atoms with E-state index in [-0.39, 0.29) is 17.2 Å². The summed E-state index contributed by atoms with van der Waals surface area (Å²) < 4.78 is 9.16. The number of hydrogen-bond acceptors (Lipinski definition) is 3. The largest absolute Gasteiger partial charge is 0.441 e. The lowest BCUT2D eigenvalue weighted by Gasteiger charge is -2.55. The Morgan fingerprint density at radius 3 is 2.33 bits per heavy atom. The molecule has 1 amide bonds. The molecule has 4 aliphatic carbocycles. The van der Waals surface area contributed by atoms with Crippen LogP contribution in [0.2, 0.25) is 0 Å². The number of aromatic nitrogens is 1. The van der Waals surface area contributed by atoms with E-state index in [0.717, 1.165) is 60.9 Å². The van der Waals surface area contributed by atoms with E-state index in [0.29, 0.717) is 0 Å². The summed E-state index contributed by atoms with van der Waals surface area (Å²) in [6.07, 6.45) is 12.3. The van der Waals surface area contributed by atoms with Crippen LogP contribution in [0.15, 0.2) is 11.2 Å². The number of hydrogen-bond donors (Lipinski definition) is 0. The second kappa shape index (κ2) is 7.06. The van der Waals surface area contributed by atoms with Crippen molar-refractivity contribution in [3.63, 3.8) is 0 Å². The van der Waals surface area contributed by atoms with E-state index < -0.39 is 0 Å². The van der Waals surface area contributed by atoms with E-state index in [1.54, 1.807) is 11.5 Å². The van der Waals surface area contributed by atoms with Gasteiger partial charge >= 0.3 is 6.09 Å². The predicted molar refractivity (Wildman–Crippen MR) is 109 cm³/mol. The van der Waals surface area contributed by atoms with Crippen molar-refractivity contribution in [1.29, 1.82) is 0 Å². The van der Waals surface area contributed by atoms with E-state index in [2.05, 4.69) is 42.8 Å². The Bertz CT molecular complexity index is 733. The van der Waals surface area contributed by atoms with Crippen LogP contribution in [0.3, 0.4) is 0 Å². The molecule has 1 aromatic heterocycles. The average molecular weight is 391 g/mol. The van der Waals surface area contributed by atoms with Crippen molar-refractivity contribution in [2.24, 2.45) is 22.7 Å². The summed E-state index contributed by atoms with van der Waals surface area (Å²) in [5.41, 5.74) is 0.971. The van der Waals surface area contributed by atoms with Crippen LogP contribution in [0.4, 0.5) is 4.79 Å². The quantitative estimate of drug-likeness (QED) is 0.666. The fourth-order valence-electron chi connectivity index (χ4n) is 5.78. The standard InChI is InChI=1S/C22H34N2O2S/c1-5-6-7-18-14-24(21(2,3)4)27-19(18)23-20(25)26-22-11-15-8-16(12-22)10-17(9-15)13-22/h14-17H,5-13H2,1-4H3. The second-order valence-electron chi connectivity index (χ2n) is 10.2. The highest BCUT2D eigenvalue weighted by Crippen LogP contribution is 2.57. The maximum absolute atomic E-state index is 12.8. The fraction of sp³-hybridized carbons (Fsp3) is 0.818. The van der Waals surface area contributed by atoms with Gasteiger partial charge in [0.25, 0.3) is 0 Å². The van der Waals surface area contributed by atoms with Gasteiger partial charge in [-0.15, -0.1) is 0 Å². The summed E-state index contributed by atoms with van der Waals surface area (Å²) in [7, 11) is 0. The lowest BCUT2D eigenvalue weighted by Crippen LogP contribution is -2.52. The Hall–Kier alpha value is -1.10. The van der Waals surface area contributed by atoms with Crippen LogP contribution >= 0.6 is 11.5 Å². The van der Waals surface area contributed by atoms with Crippen LogP contribution in [0, 0.1) is 17.8 Å². The SMILES string of the molecule is CCCCc1cn(C(C)(C)C)sc1=NC(=O)OC12CC3CC(CC(C3)C1)C2. The highest BCUT2D eigenvalue weighted by atomic mass is 32.1. The summed E-state index contributed by atoms with van der Waals surface area (Å²) in [5.74, 6) is 2.32. The molecule has 4 saturated carbocycles. The van der Waals surface area contributed by atoms with Gasteiger partial charge in [0.15, 0.2) is 0 Å². The maximum Gasteiger partial charge on any atom is 0.435 e. The van der Waals surface area contributed by atoms with Crippen molar-refractivity contribution < 1.29 is 9.53 Å². The van der Waals surface area contributed by atoms with Crippen LogP contribution in [0.25, 0.3) is 0 Å². The van der Waals surface area contributed by atoms with Crippen molar-refractivity contribution in [3.8, 4) is 0 Å². The average Bonchev–Trinajstić information content (AvgIpc) is 2.93. The van der Waals surface area contributed by atoms with E-state index in [4.69, 9.17) is 4.74 Å². The first kappa shape index (κ1) is 19.2. The third-order valence-electron chi connectivity index (χ3n) is 6.67. The van der Waals surface area contributed by atoms with Gasteiger partial charge in [0.05, 0.1) is 0 Å².